The summed E-state index contributed by atoms with van der Waals surface area (Å²) in [4.78, 5) is 0. The number of rotatable bonds is 8. The van der Waals surface area contributed by atoms with Gasteiger partial charge in [-0.3, -0.25) is 0 Å². The van der Waals surface area contributed by atoms with Gasteiger partial charge in [0.15, 0.2) is 0 Å². The maximum atomic E-state index is 4.99. The van der Waals surface area contributed by atoms with Crippen molar-refractivity contribution in [2.75, 3.05) is 31.8 Å². The highest BCUT2D eigenvalue weighted by atomic mass is 32.2. The predicted molar refractivity (Wildman–Crippen MR) is 70.7 cm³/mol. The second-order valence-corrected chi connectivity index (χ2v) is 5.86. The summed E-state index contributed by atoms with van der Waals surface area (Å²) < 4.78 is 4.99. The number of ether oxygens (including phenoxy) is 1. The number of nitrogens with one attached hydrogen (secondary N) is 1. The normalized spacial score (nSPS) is 11.7. The van der Waals surface area contributed by atoms with Crippen LogP contribution in [0.4, 0.5) is 0 Å². The van der Waals surface area contributed by atoms with Gasteiger partial charge in [0, 0.05) is 31.6 Å². The van der Waals surface area contributed by atoms with Gasteiger partial charge in [-0.25, -0.2) is 0 Å². The van der Waals surface area contributed by atoms with Crippen molar-refractivity contribution < 1.29 is 4.74 Å². The van der Waals surface area contributed by atoms with Crippen LogP contribution in [0.2, 0.25) is 0 Å². The van der Waals surface area contributed by atoms with Crippen LogP contribution in [0.1, 0.15) is 27.2 Å². The molecule has 0 aliphatic heterocycles. The molecule has 1 N–H and O–H groups in total. The molecule has 2 nitrogen and oxygen atoms in total. The molecule has 0 aliphatic rings. The average molecular weight is 231 g/mol. The Morgan fingerprint density at radius 2 is 2.07 bits per heavy atom. The van der Waals surface area contributed by atoms with Crippen LogP contribution in [0.5, 0.6) is 0 Å². The molecular weight excluding hydrogens is 206 g/mol. The van der Waals surface area contributed by atoms with E-state index >= 15 is 0 Å². The summed E-state index contributed by atoms with van der Waals surface area (Å²) in [6, 6.07) is 0. The molecule has 3 heteroatoms. The number of hydrogen-bond donors (Lipinski definition) is 1. The molecule has 0 rings (SSSR count). The SMILES string of the molecule is C=C(CNC(C)(C)C)CSCCCOC. The van der Waals surface area contributed by atoms with Gasteiger partial charge >= 0.3 is 0 Å². The highest BCUT2D eigenvalue weighted by Crippen LogP contribution is 2.08. The first kappa shape index (κ1) is 15.0. The van der Waals surface area contributed by atoms with E-state index in [-0.39, 0.29) is 5.54 Å². The second kappa shape index (κ2) is 8.20. The number of thioether (sulfide) groups is 1. The summed E-state index contributed by atoms with van der Waals surface area (Å²) in [7, 11) is 1.75. The fourth-order valence-corrected chi connectivity index (χ4v) is 1.82. The predicted octanol–water partition coefficient (Wildman–Crippen LogP) is 2.70. The average Bonchev–Trinajstić information content (AvgIpc) is 2.13. The molecular formula is C12H25NOS. The molecule has 0 radical (unpaired) electrons. The largest absolute Gasteiger partial charge is 0.385 e. The van der Waals surface area contributed by atoms with E-state index in [1.54, 1.807) is 7.11 Å². The van der Waals surface area contributed by atoms with Gasteiger partial charge in [-0.1, -0.05) is 12.2 Å². The molecule has 0 aromatic carbocycles. The third-order valence-electron chi connectivity index (χ3n) is 1.81. The summed E-state index contributed by atoms with van der Waals surface area (Å²) in [6.45, 7) is 12.4. The maximum absolute atomic E-state index is 4.99. The van der Waals surface area contributed by atoms with Crippen LogP contribution in [-0.4, -0.2) is 37.3 Å². The molecule has 0 amide bonds. The van der Waals surface area contributed by atoms with Crippen molar-refractivity contribution in [2.24, 2.45) is 0 Å². The van der Waals surface area contributed by atoms with Gasteiger partial charge < -0.3 is 10.1 Å². The molecule has 0 spiro atoms. The number of hydrogen-bond acceptors (Lipinski definition) is 3. The van der Waals surface area contributed by atoms with Gasteiger partial charge in [-0.15, -0.1) is 0 Å². The lowest BCUT2D eigenvalue weighted by Gasteiger charge is -2.21. The van der Waals surface area contributed by atoms with Gasteiger partial charge in [-0.2, -0.15) is 11.8 Å². The van der Waals surface area contributed by atoms with Gasteiger partial charge in [0.25, 0.3) is 0 Å². The van der Waals surface area contributed by atoms with Crippen LogP contribution in [-0.2, 0) is 4.74 Å². The van der Waals surface area contributed by atoms with E-state index in [2.05, 4.69) is 32.7 Å². The Hall–Kier alpha value is 0.01000. The highest BCUT2D eigenvalue weighted by Gasteiger charge is 2.08. The third kappa shape index (κ3) is 11.9. The van der Waals surface area contributed by atoms with Crippen LogP contribution in [0.15, 0.2) is 12.2 Å². The molecule has 0 aliphatic carbocycles. The zero-order valence-corrected chi connectivity index (χ0v) is 11.4. The van der Waals surface area contributed by atoms with E-state index in [1.165, 1.54) is 5.57 Å². The molecule has 15 heavy (non-hydrogen) atoms. The molecule has 0 unspecified atom stereocenters. The molecule has 0 bridgehead atoms. The molecule has 0 aromatic heterocycles. The lowest BCUT2D eigenvalue weighted by atomic mass is 10.1. The van der Waals surface area contributed by atoms with Crippen LogP contribution in [0.25, 0.3) is 0 Å². The van der Waals surface area contributed by atoms with E-state index < -0.39 is 0 Å². The summed E-state index contributed by atoms with van der Waals surface area (Å²) in [5.74, 6) is 2.20. The number of methoxy groups -OCH3 is 1. The Morgan fingerprint density at radius 1 is 1.40 bits per heavy atom. The summed E-state index contributed by atoms with van der Waals surface area (Å²) >= 11 is 1.93. The van der Waals surface area contributed by atoms with Crippen molar-refractivity contribution in [1.29, 1.82) is 0 Å². The van der Waals surface area contributed by atoms with Crippen molar-refractivity contribution in [3.8, 4) is 0 Å². The van der Waals surface area contributed by atoms with Crippen molar-refractivity contribution in [1.82, 2.24) is 5.32 Å². The first-order valence-electron chi connectivity index (χ1n) is 5.44. The summed E-state index contributed by atoms with van der Waals surface area (Å²) in [5.41, 5.74) is 1.45. The van der Waals surface area contributed by atoms with E-state index in [0.717, 1.165) is 31.1 Å². The molecule has 90 valence electrons. The van der Waals surface area contributed by atoms with Crippen molar-refractivity contribution in [2.45, 2.75) is 32.7 Å². The second-order valence-electron chi connectivity index (χ2n) is 4.75. The fourth-order valence-electron chi connectivity index (χ4n) is 0.963. The first-order chi connectivity index (χ1) is 6.95. The first-order valence-corrected chi connectivity index (χ1v) is 6.59. The quantitative estimate of drug-likeness (QED) is 0.513. The molecule has 0 fully saturated rings. The minimum atomic E-state index is 0.184. The standard InChI is InChI=1S/C12H25NOS/c1-11(9-13-12(2,3)4)10-15-8-6-7-14-5/h13H,1,6-10H2,2-5H3. The molecule has 0 saturated carbocycles. The maximum Gasteiger partial charge on any atom is 0.0470 e. The van der Waals surface area contributed by atoms with Gasteiger partial charge in [0.05, 0.1) is 0 Å². The van der Waals surface area contributed by atoms with Gasteiger partial charge in [0.1, 0.15) is 0 Å². The topological polar surface area (TPSA) is 21.3 Å². The van der Waals surface area contributed by atoms with Crippen molar-refractivity contribution in [3.05, 3.63) is 12.2 Å². The molecule has 0 atom stereocenters. The fraction of sp³-hybridized carbons (Fsp3) is 0.833. The summed E-state index contributed by atoms with van der Waals surface area (Å²) in [5, 5.41) is 3.44. The van der Waals surface area contributed by atoms with Crippen LogP contribution >= 0.6 is 11.8 Å². The molecule has 0 heterocycles. The smallest absolute Gasteiger partial charge is 0.0470 e. The van der Waals surface area contributed by atoms with Crippen molar-refractivity contribution >= 4 is 11.8 Å². The lowest BCUT2D eigenvalue weighted by Crippen LogP contribution is -2.37. The monoisotopic (exact) mass is 231 g/mol. The Labute approximate surface area is 98.9 Å². The van der Waals surface area contributed by atoms with Crippen LogP contribution in [0, 0.1) is 0 Å². The minimum absolute atomic E-state index is 0.184. The van der Waals surface area contributed by atoms with Gasteiger partial charge in [-0.05, 0) is 32.9 Å². The van der Waals surface area contributed by atoms with E-state index in [9.17, 15) is 0 Å². The Kier molecular flexibility index (Phi) is 8.20. The van der Waals surface area contributed by atoms with Crippen molar-refractivity contribution in [3.63, 3.8) is 0 Å². The molecule has 0 aromatic rings. The molecule has 0 saturated heterocycles. The Bertz CT molecular complexity index is 175. The van der Waals surface area contributed by atoms with E-state index in [1.807, 2.05) is 11.8 Å². The Morgan fingerprint density at radius 3 is 2.60 bits per heavy atom. The Balaban J connectivity index is 3.34. The highest BCUT2D eigenvalue weighted by molar-refractivity contribution is 7.99. The zero-order valence-electron chi connectivity index (χ0n) is 10.6. The third-order valence-corrected chi connectivity index (χ3v) is 3.00. The van der Waals surface area contributed by atoms with Crippen LogP contribution < -0.4 is 5.32 Å². The lowest BCUT2D eigenvalue weighted by molar-refractivity contribution is 0.200. The minimum Gasteiger partial charge on any atom is -0.385 e. The van der Waals surface area contributed by atoms with E-state index in [4.69, 9.17) is 4.74 Å². The zero-order chi connectivity index (χ0) is 11.7. The summed E-state index contributed by atoms with van der Waals surface area (Å²) in [6.07, 6.45) is 1.13. The van der Waals surface area contributed by atoms with E-state index in [0.29, 0.717) is 0 Å². The van der Waals surface area contributed by atoms with Crippen LogP contribution in [0.3, 0.4) is 0 Å². The van der Waals surface area contributed by atoms with Gasteiger partial charge in [0.2, 0.25) is 0 Å².